The molecule has 0 bridgehead atoms. The molecule has 5 amide bonds. The van der Waals surface area contributed by atoms with Crippen molar-refractivity contribution in [3.63, 3.8) is 0 Å². The molecule has 1 aliphatic heterocycles. The number of anilines is 1. The Morgan fingerprint density at radius 3 is 2.62 bits per heavy atom. The van der Waals surface area contributed by atoms with Gasteiger partial charge in [0.1, 0.15) is 0 Å². The van der Waals surface area contributed by atoms with Crippen molar-refractivity contribution in [2.24, 2.45) is 11.0 Å². The van der Waals surface area contributed by atoms with Crippen LogP contribution in [0.2, 0.25) is 0 Å². The summed E-state index contributed by atoms with van der Waals surface area (Å²) in [7, 11) is 0. The van der Waals surface area contributed by atoms with E-state index in [0.717, 1.165) is 15.6 Å². The first-order chi connectivity index (χ1) is 12.5. The monoisotopic (exact) mass is 418 g/mol. The quantitative estimate of drug-likeness (QED) is 0.444. The van der Waals surface area contributed by atoms with E-state index in [2.05, 4.69) is 31.8 Å². The number of nitrogens with one attached hydrogen (secondary N) is 2. The summed E-state index contributed by atoms with van der Waals surface area (Å²) in [4.78, 5) is 49.0. The smallest absolute Gasteiger partial charge is 0.335 e. The normalized spacial score (nSPS) is 17.5. The van der Waals surface area contributed by atoms with E-state index in [0.29, 0.717) is 5.69 Å². The SMILES string of the molecule is O=C(N/N=C\[C@@H]1C(=O)NC(=O)N(c2ccc(Br)cc2)C1=O)c1ccco1. The molecule has 1 fully saturated rings. The second kappa shape index (κ2) is 7.31. The number of hydrogen-bond donors (Lipinski definition) is 2. The van der Waals surface area contributed by atoms with E-state index in [1.807, 2.05) is 0 Å². The van der Waals surface area contributed by atoms with Gasteiger partial charge in [-0.15, -0.1) is 0 Å². The van der Waals surface area contributed by atoms with Gasteiger partial charge in [-0.25, -0.2) is 15.1 Å². The number of hydrazone groups is 1. The number of carbonyl (C=O) groups excluding carboxylic acids is 4. The highest BCUT2D eigenvalue weighted by atomic mass is 79.9. The molecule has 1 saturated heterocycles. The van der Waals surface area contributed by atoms with E-state index in [1.165, 1.54) is 18.4 Å². The van der Waals surface area contributed by atoms with Gasteiger partial charge in [-0.05, 0) is 36.4 Å². The number of hydrogen-bond acceptors (Lipinski definition) is 6. The molecule has 3 rings (SSSR count). The fourth-order valence-electron chi connectivity index (χ4n) is 2.19. The number of imide groups is 2. The molecule has 2 aromatic rings. The van der Waals surface area contributed by atoms with Gasteiger partial charge in [-0.2, -0.15) is 5.10 Å². The third kappa shape index (κ3) is 3.54. The van der Waals surface area contributed by atoms with Gasteiger partial charge in [0, 0.05) is 10.7 Å². The number of rotatable bonds is 4. The zero-order chi connectivity index (χ0) is 18.7. The van der Waals surface area contributed by atoms with Gasteiger partial charge >= 0.3 is 11.9 Å². The largest absolute Gasteiger partial charge is 0.459 e. The highest BCUT2D eigenvalue weighted by Crippen LogP contribution is 2.22. The number of barbiturate groups is 1. The molecule has 132 valence electrons. The molecule has 1 atom stereocenters. The Balaban J connectivity index is 1.76. The third-order valence-electron chi connectivity index (χ3n) is 3.42. The Bertz CT molecular complexity index is 892. The standard InChI is InChI=1S/C16H11BrN4O5/c17-9-3-5-10(6-4-9)21-15(24)11(13(22)19-16(21)25)8-18-20-14(23)12-2-1-7-26-12/h1-8,11H,(H,20,23)(H,19,22,25)/b18-8-/t11-/m1/s1. The minimum atomic E-state index is -1.37. The van der Waals surface area contributed by atoms with E-state index in [1.54, 1.807) is 24.3 Å². The maximum Gasteiger partial charge on any atom is 0.335 e. The molecule has 1 aromatic carbocycles. The molecule has 10 heteroatoms. The number of furan rings is 1. The highest BCUT2D eigenvalue weighted by molar-refractivity contribution is 9.10. The Hall–Kier alpha value is -3.27. The van der Waals surface area contributed by atoms with Crippen molar-refractivity contribution in [1.29, 1.82) is 0 Å². The average molecular weight is 419 g/mol. The Morgan fingerprint density at radius 2 is 1.96 bits per heavy atom. The predicted octanol–water partition coefficient (Wildman–Crippen LogP) is 1.66. The molecule has 2 heterocycles. The zero-order valence-corrected chi connectivity index (χ0v) is 14.6. The molecule has 0 radical (unpaired) electrons. The highest BCUT2D eigenvalue weighted by Gasteiger charge is 2.40. The molecule has 0 spiro atoms. The van der Waals surface area contributed by atoms with Gasteiger partial charge in [0.05, 0.1) is 12.0 Å². The van der Waals surface area contributed by atoms with Crippen LogP contribution in [-0.4, -0.2) is 30.0 Å². The van der Waals surface area contributed by atoms with E-state index < -0.39 is 29.7 Å². The summed E-state index contributed by atoms with van der Waals surface area (Å²) < 4.78 is 5.65. The lowest BCUT2D eigenvalue weighted by Crippen LogP contribution is -2.58. The van der Waals surface area contributed by atoms with Crippen LogP contribution in [0.25, 0.3) is 0 Å². The van der Waals surface area contributed by atoms with Crippen molar-refractivity contribution >= 4 is 51.6 Å². The van der Waals surface area contributed by atoms with Crippen molar-refractivity contribution in [2.45, 2.75) is 0 Å². The number of halogens is 1. The van der Waals surface area contributed by atoms with E-state index in [-0.39, 0.29) is 5.76 Å². The maximum atomic E-state index is 12.5. The lowest BCUT2D eigenvalue weighted by molar-refractivity contribution is -0.131. The van der Waals surface area contributed by atoms with Crippen molar-refractivity contribution in [2.75, 3.05) is 4.90 Å². The van der Waals surface area contributed by atoms with E-state index >= 15 is 0 Å². The third-order valence-corrected chi connectivity index (χ3v) is 3.95. The first kappa shape index (κ1) is 17.5. The Labute approximate surface area is 155 Å². The minimum Gasteiger partial charge on any atom is -0.459 e. The van der Waals surface area contributed by atoms with Gasteiger partial charge in [-0.1, -0.05) is 15.9 Å². The number of carbonyl (C=O) groups is 4. The van der Waals surface area contributed by atoms with E-state index in [9.17, 15) is 19.2 Å². The molecule has 1 aliphatic rings. The topological polar surface area (TPSA) is 121 Å². The lowest BCUT2D eigenvalue weighted by Gasteiger charge is -2.28. The molecule has 1 aromatic heterocycles. The summed E-state index contributed by atoms with van der Waals surface area (Å²) in [6.45, 7) is 0. The van der Waals surface area contributed by atoms with Crippen LogP contribution >= 0.6 is 15.9 Å². The fourth-order valence-corrected chi connectivity index (χ4v) is 2.45. The Morgan fingerprint density at radius 1 is 1.23 bits per heavy atom. The molecule has 0 unspecified atom stereocenters. The summed E-state index contributed by atoms with van der Waals surface area (Å²) in [5.41, 5.74) is 2.43. The van der Waals surface area contributed by atoms with Crippen molar-refractivity contribution in [3.05, 3.63) is 52.9 Å². The maximum absolute atomic E-state index is 12.5. The molecular formula is C16H11BrN4O5. The van der Waals surface area contributed by atoms with Crippen LogP contribution in [0.5, 0.6) is 0 Å². The first-order valence-corrected chi connectivity index (χ1v) is 8.08. The first-order valence-electron chi connectivity index (χ1n) is 7.29. The second-order valence-corrected chi connectivity index (χ2v) is 6.03. The van der Waals surface area contributed by atoms with Crippen LogP contribution in [0.4, 0.5) is 10.5 Å². The summed E-state index contributed by atoms with van der Waals surface area (Å²) in [5.74, 6) is -3.60. The number of benzene rings is 1. The van der Waals surface area contributed by atoms with Crippen LogP contribution in [-0.2, 0) is 9.59 Å². The summed E-state index contributed by atoms with van der Waals surface area (Å²) in [6, 6.07) is 8.49. The minimum absolute atomic E-state index is 0.0215. The van der Waals surface area contributed by atoms with Gasteiger partial charge < -0.3 is 4.42 Å². The molecule has 26 heavy (non-hydrogen) atoms. The van der Waals surface area contributed by atoms with Crippen LogP contribution in [0.15, 0.2) is 56.7 Å². The van der Waals surface area contributed by atoms with Crippen molar-refractivity contribution < 1.29 is 23.6 Å². The molecule has 9 nitrogen and oxygen atoms in total. The molecule has 2 N–H and O–H groups in total. The van der Waals surface area contributed by atoms with Crippen LogP contribution in [0.3, 0.4) is 0 Å². The fraction of sp³-hybridized carbons (Fsp3) is 0.0625. The summed E-state index contributed by atoms with van der Waals surface area (Å²) in [6.07, 6.45) is 2.27. The van der Waals surface area contributed by atoms with Gasteiger partial charge in [0.15, 0.2) is 11.7 Å². The van der Waals surface area contributed by atoms with Gasteiger partial charge in [0.25, 0.3) is 5.91 Å². The molecule has 0 aliphatic carbocycles. The Kier molecular flexibility index (Phi) is 4.94. The second-order valence-electron chi connectivity index (χ2n) is 5.12. The van der Waals surface area contributed by atoms with Crippen LogP contribution in [0.1, 0.15) is 10.6 Å². The predicted molar refractivity (Wildman–Crippen MR) is 93.3 cm³/mol. The summed E-state index contributed by atoms with van der Waals surface area (Å²) >= 11 is 3.26. The number of amides is 5. The van der Waals surface area contributed by atoms with Gasteiger partial charge in [-0.3, -0.25) is 19.7 Å². The van der Waals surface area contributed by atoms with Crippen LogP contribution < -0.4 is 15.6 Å². The zero-order valence-electron chi connectivity index (χ0n) is 13.0. The number of nitrogens with zero attached hydrogens (tertiary/aromatic N) is 2. The van der Waals surface area contributed by atoms with Gasteiger partial charge in [0.2, 0.25) is 5.91 Å². The average Bonchev–Trinajstić information content (AvgIpc) is 3.14. The van der Waals surface area contributed by atoms with Crippen molar-refractivity contribution in [1.82, 2.24) is 10.7 Å². The molecule has 0 saturated carbocycles. The summed E-state index contributed by atoms with van der Waals surface area (Å²) in [5, 5.41) is 5.69. The van der Waals surface area contributed by atoms with Crippen LogP contribution in [0, 0.1) is 5.92 Å². The van der Waals surface area contributed by atoms with Crippen molar-refractivity contribution in [3.8, 4) is 0 Å². The molecular weight excluding hydrogens is 408 g/mol. The lowest BCUT2D eigenvalue weighted by atomic mass is 10.1. The van der Waals surface area contributed by atoms with E-state index in [4.69, 9.17) is 4.42 Å². The number of urea groups is 1.